The highest BCUT2D eigenvalue weighted by Crippen LogP contribution is 2.25. The van der Waals surface area contributed by atoms with Crippen LogP contribution in [-0.2, 0) is 11.2 Å². The predicted molar refractivity (Wildman–Crippen MR) is 104 cm³/mol. The van der Waals surface area contributed by atoms with Crippen LogP contribution in [0.25, 0.3) is 0 Å². The lowest BCUT2D eigenvalue weighted by Gasteiger charge is -2.34. The number of carbonyl (C=O) groups excluding carboxylic acids is 1. The van der Waals surface area contributed by atoms with Gasteiger partial charge in [0.15, 0.2) is 0 Å². The van der Waals surface area contributed by atoms with E-state index in [1.54, 1.807) is 6.20 Å². The zero-order valence-corrected chi connectivity index (χ0v) is 15.6. The van der Waals surface area contributed by atoms with E-state index in [1.165, 1.54) is 18.5 Å². The maximum Gasteiger partial charge on any atom is 0.222 e. The van der Waals surface area contributed by atoms with Crippen molar-refractivity contribution in [2.45, 2.75) is 32.1 Å². The highest BCUT2D eigenvalue weighted by molar-refractivity contribution is 5.75. The van der Waals surface area contributed by atoms with Crippen molar-refractivity contribution in [1.82, 2.24) is 14.9 Å². The minimum Gasteiger partial charge on any atom is -0.371 e. The molecule has 2 aromatic rings. The van der Waals surface area contributed by atoms with Crippen LogP contribution >= 0.6 is 0 Å². The first-order chi connectivity index (χ1) is 12.7. The van der Waals surface area contributed by atoms with Crippen molar-refractivity contribution in [3.8, 4) is 0 Å². The Morgan fingerprint density at radius 3 is 2.85 bits per heavy atom. The van der Waals surface area contributed by atoms with Gasteiger partial charge in [-0.1, -0.05) is 6.07 Å². The van der Waals surface area contributed by atoms with Crippen molar-refractivity contribution in [2.24, 2.45) is 5.92 Å². The molecule has 1 saturated heterocycles. The molecule has 0 aliphatic carbocycles. The van der Waals surface area contributed by atoms with Crippen LogP contribution in [-0.4, -0.2) is 47.5 Å². The second-order valence-electron chi connectivity index (χ2n) is 7.08. The van der Waals surface area contributed by atoms with E-state index >= 15 is 0 Å². The van der Waals surface area contributed by atoms with Crippen LogP contribution in [0.2, 0.25) is 0 Å². The molecule has 1 aliphatic rings. The molecule has 0 N–H and O–H groups in total. The van der Waals surface area contributed by atoms with E-state index < -0.39 is 0 Å². The average molecular weight is 352 g/mol. The van der Waals surface area contributed by atoms with Crippen LogP contribution < -0.4 is 4.90 Å². The Hall–Kier alpha value is -2.43. The summed E-state index contributed by atoms with van der Waals surface area (Å²) in [5.41, 5.74) is 2.27. The van der Waals surface area contributed by atoms with Crippen LogP contribution in [0.15, 0.2) is 48.9 Å². The molecule has 2 aromatic heterocycles. The number of rotatable bonds is 7. The van der Waals surface area contributed by atoms with E-state index in [0.29, 0.717) is 12.3 Å². The molecule has 3 rings (SSSR count). The summed E-state index contributed by atoms with van der Waals surface area (Å²) >= 11 is 0. The molecular weight excluding hydrogens is 324 g/mol. The molecule has 0 aromatic carbocycles. The topological polar surface area (TPSA) is 49.3 Å². The van der Waals surface area contributed by atoms with Gasteiger partial charge in [0.2, 0.25) is 5.91 Å². The third-order valence-corrected chi connectivity index (χ3v) is 5.17. The summed E-state index contributed by atoms with van der Waals surface area (Å²) in [6.07, 6.45) is 10.3. The zero-order valence-electron chi connectivity index (χ0n) is 15.6. The zero-order chi connectivity index (χ0) is 18.2. The molecule has 0 radical (unpaired) electrons. The third-order valence-electron chi connectivity index (χ3n) is 5.17. The smallest absolute Gasteiger partial charge is 0.222 e. The van der Waals surface area contributed by atoms with E-state index in [1.807, 2.05) is 42.5 Å². The van der Waals surface area contributed by atoms with Crippen LogP contribution in [0.3, 0.4) is 0 Å². The molecular formula is C21H28N4O. The van der Waals surface area contributed by atoms with Crippen molar-refractivity contribution in [3.05, 3.63) is 54.6 Å². The number of aromatic nitrogens is 2. The van der Waals surface area contributed by atoms with Gasteiger partial charge in [0.05, 0.1) is 0 Å². The molecule has 5 nitrogen and oxygen atoms in total. The first-order valence-corrected chi connectivity index (χ1v) is 9.51. The summed E-state index contributed by atoms with van der Waals surface area (Å²) in [7, 11) is 1.90. The summed E-state index contributed by atoms with van der Waals surface area (Å²) in [6.45, 7) is 2.86. The Morgan fingerprint density at radius 1 is 1.23 bits per heavy atom. The molecule has 0 saturated carbocycles. The van der Waals surface area contributed by atoms with E-state index in [-0.39, 0.29) is 5.91 Å². The van der Waals surface area contributed by atoms with Crippen molar-refractivity contribution in [3.63, 3.8) is 0 Å². The number of hydrogen-bond donors (Lipinski definition) is 0. The molecule has 1 amide bonds. The number of amides is 1. The molecule has 1 aliphatic heterocycles. The molecule has 0 spiro atoms. The Morgan fingerprint density at radius 2 is 2.08 bits per heavy atom. The first-order valence-electron chi connectivity index (χ1n) is 9.51. The number of carbonyl (C=O) groups is 1. The Labute approximate surface area is 156 Å². The van der Waals surface area contributed by atoms with Gasteiger partial charge in [0.1, 0.15) is 0 Å². The minimum absolute atomic E-state index is 0.238. The second kappa shape index (κ2) is 9.32. The predicted octanol–water partition coefficient (Wildman–Crippen LogP) is 3.17. The average Bonchev–Trinajstić information content (AvgIpc) is 2.72. The standard InChI is InChI=1S/C21H28N4O/c1-24(16-11-19-6-2-3-12-23-19)21(26)8-7-18-5-4-15-25(17-18)20-9-13-22-14-10-20/h2-3,6,9-10,12-14,18H,4-5,7-8,11,15-17H2,1H3. The lowest BCUT2D eigenvalue weighted by Crippen LogP contribution is -2.36. The van der Waals surface area contributed by atoms with Gasteiger partial charge in [-0.05, 0) is 49.4 Å². The third kappa shape index (κ3) is 5.28. The molecule has 1 fully saturated rings. The fraction of sp³-hybridized carbons (Fsp3) is 0.476. The van der Waals surface area contributed by atoms with Gasteiger partial charge in [0, 0.05) is 69.5 Å². The Balaban J connectivity index is 1.42. The molecule has 3 heterocycles. The summed E-state index contributed by atoms with van der Waals surface area (Å²) < 4.78 is 0. The number of nitrogens with zero attached hydrogens (tertiary/aromatic N) is 4. The SMILES string of the molecule is CN(CCc1ccccn1)C(=O)CCC1CCCN(c2ccncc2)C1. The van der Waals surface area contributed by atoms with E-state index in [2.05, 4.69) is 27.0 Å². The highest BCUT2D eigenvalue weighted by Gasteiger charge is 2.21. The van der Waals surface area contributed by atoms with E-state index in [4.69, 9.17) is 0 Å². The summed E-state index contributed by atoms with van der Waals surface area (Å²) in [5, 5.41) is 0. The summed E-state index contributed by atoms with van der Waals surface area (Å²) in [6, 6.07) is 10.0. The van der Waals surface area contributed by atoms with Gasteiger partial charge in [-0.15, -0.1) is 0 Å². The monoisotopic (exact) mass is 352 g/mol. The van der Waals surface area contributed by atoms with Gasteiger partial charge < -0.3 is 9.80 Å². The summed E-state index contributed by atoms with van der Waals surface area (Å²) in [4.78, 5) is 25.1. The minimum atomic E-state index is 0.238. The summed E-state index contributed by atoms with van der Waals surface area (Å²) in [5.74, 6) is 0.826. The number of pyridine rings is 2. The number of likely N-dealkylation sites (N-methyl/N-ethyl adjacent to an activating group) is 1. The highest BCUT2D eigenvalue weighted by atomic mass is 16.2. The Kier molecular flexibility index (Phi) is 6.58. The van der Waals surface area contributed by atoms with Crippen LogP contribution in [0.1, 0.15) is 31.4 Å². The molecule has 26 heavy (non-hydrogen) atoms. The van der Waals surface area contributed by atoms with Crippen LogP contribution in [0.5, 0.6) is 0 Å². The van der Waals surface area contributed by atoms with Gasteiger partial charge in [-0.25, -0.2) is 0 Å². The van der Waals surface area contributed by atoms with Crippen LogP contribution in [0.4, 0.5) is 5.69 Å². The lowest BCUT2D eigenvalue weighted by molar-refractivity contribution is -0.130. The van der Waals surface area contributed by atoms with Gasteiger partial charge in [0.25, 0.3) is 0 Å². The van der Waals surface area contributed by atoms with Gasteiger partial charge >= 0.3 is 0 Å². The quantitative estimate of drug-likeness (QED) is 0.768. The van der Waals surface area contributed by atoms with Crippen LogP contribution in [0, 0.1) is 5.92 Å². The van der Waals surface area contributed by atoms with Crippen molar-refractivity contribution < 1.29 is 4.79 Å². The van der Waals surface area contributed by atoms with Crippen molar-refractivity contribution >= 4 is 11.6 Å². The van der Waals surface area contributed by atoms with Crippen molar-refractivity contribution in [1.29, 1.82) is 0 Å². The number of piperidine rings is 1. The molecule has 1 atom stereocenters. The van der Waals surface area contributed by atoms with E-state index in [0.717, 1.165) is 38.2 Å². The largest absolute Gasteiger partial charge is 0.371 e. The maximum atomic E-state index is 12.4. The lowest BCUT2D eigenvalue weighted by atomic mass is 9.93. The maximum absolute atomic E-state index is 12.4. The second-order valence-corrected chi connectivity index (χ2v) is 7.08. The molecule has 1 unspecified atom stereocenters. The van der Waals surface area contributed by atoms with Gasteiger partial charge in [-0.3, -0.25) is 14.8 Å². The fourth-order valence-corrected chi connectivity index (χ4v) is 3.56. The van der Waals surface area contributed by atoms with E-state index in [9.17, 15) is 4.79 Å². The number of hydrogen-bond acceptors (Lipinski definition) is 4. The molecule has 0 bridgehead atoms. The molecule has 138 valence electrons. The molecule has 5 heteroatoms. The fourth-order valence-electron chi connectivity index (χ4n) is 3.56. The van der Waals surface area contributed by atoms with Crippen molar-refractivity contribution in [2.75, 3.05) is 31.6 Å². The first kappa shape index (κ1) is 18.4. The number of anilines is 1. The normalized spacial score (nSPS) is 17.1. The Bertz CT molecular complexity index is 677. The van der Waals surface area contributed by atoms with Gasteiger partial charge in [-0.2, -0.15) is 0 Å².